The number of carbonyl (C=O) groups excluding carboxylic acids is 2. The lowest BCUT2D eigenvalue weighted by atomic mass is 10.6. The number of carbonyl (C=O) groups is 2. The number of aromatic nitrogens is 1. The fraction of sp³-hybridized carbons (Fsp3) is 0.400. The summed E-state index contributed by atoms with van der Waals surface area (Å²) in [4.78, 5) is 22.6. The van der Waals surface area contributed by atoms with Crippen LogP contribution in [0.4, 0.5) is 15.4 Å². The highest BCUT2D eigenvalue weighted by Gasteiger charge is 2.12. The SMILES string of the molecule is CCOC(=O)Nc1cccn1C(=O)OCC. The highest BCUT2D eigenvalue weighted by molar-refractivity contribution is 5.87. The summed E-state index contributed by atoms with van der Waals surface area (Å²) >= 11 is 0. The molecule has 0 fully saturated rings. The third kappa shape index (κ3) is 3.01. The second-order valence-electron chi connectivity index (χ2n) is 2.81. The van der Waals surface area contributed by atoms with E-state index in [2.05, 4.69) is 5.32 Å². The van der Waals surface area contributed by atoms with E-state index < -0.39 is 12.2 Å². The van der Waals surface area contributed by atoms with Crippen LogP contribution in [-0.2, 0) is 9.47 Å². The van der Waals surface area contributed by atoms with Crippen LogP contribution in [0.5, 0.6) is 0 Å². The normalized spacial score (nSPS) is 9.62. The Balaban J connectivity index is 2.70. The van der Waals surface area contributed by atoms with Gasteiger partial charge < -0.3 is 9.47 Å². The largest absolute Gasteiger partial charge is 0.450 e. The lowest BCUT2D eigenvalue weighted by molar-refractivity contribution is 0.154. The van der Waals surface area contributed by atoms with Gasteiger partial charge in [0, 0.05) is 6.20 Å². The average molecular weight is 226 g/mol. The standard InChI is InChI=1S/C10H14N2O4/c1-3-15-9(13)11-8-6-5-7-12(8)10(14)16-4-2/h5-7H,3-4H2,1-2H3,(H,11,13). The first-order valence-electron chi connectivity index (χ1n) is 4.97. The van der Waals surface area contributed by atoms with E-state index in [4.69, 9.17) is 9.47 Å². The lowest BCUT2D eigenvalue weighted by Crippen LogP contribution is -2.20. The van der Waals surface area contributed by atoms with Crippen LogP contribution in [0.15, 0.2) is 18.3 Å². The van der Waals surface area contributed by atoms with E-state index in [1.807, 2.05) is 0 Å². The molecule has 16 heavy (non-hydrogen) atoms. The number of hydrogen-bond acceptors (Lipinski definition) is 4. The van der Waals surface area contributed by atoms with Crippen LogP contribution < -0.4 is 5.32 Å². The molecule has 0 spiro atoms. The van der Waals surface area contributed by atoms with Crippen molar-refractivity contribution in [3.63, 3.8) is 0 Å². The second kappa shape index (κ2) is 5.79. The van der Waals surface area contributed by atoms with Gasteiger partial charge in [0.05, 0.1) is 13.2 Å². The minimum atomic E-state index is -0.605. The van der Waals surface area contributed by atoms with Crippen molar-refractivity contribution in [1.29, 1.82) is 0 Å². The Bertz CT molecular complexity index is 373. The molecule has 1 aromatic heterocycles. The van der Waals surface area contributed by atoms with Crippen LogP contribution >= 0.6 is 0 Å². The van der Waals surface area contributed by atoms with E-state index in [-0.39, 0.29) is 13.2 Å². The van der Waals surface area contributed by atoms with E-state index in [0.717, 1.165) is 0 Å². The van der Waals surface area contributed by atoms with Crippen LogP contribution in [-0.4, -0.2) is 30.0 Å². The van der Waals surface area contributed by atoms with E-state index in [1.54, 1.807) is 26.0 Å². The second-order valence-corrected chi connectivity index (χ2v) is 2.81. The zero-order valence-electron chi connectivity index (χ0n) is 9.23. The molecule has 6 nitrogen and oxygen atoms in total. The van der Waals surface area contributed by atoms with Crippen LogP contribution in [0.1, 0.15) is 13.8 Å². The highest BCUT2D eigenvalue weighted by Crippen LogP contribution is 2.09. The molecule has 1 heterocycles. The summed E-state index contributed by atoms with van der Waals surface area (Å²) in [6, 6.07) is 3.20. The zero-order chi connectivity index (χ0) is 12.0. The van der Waals surface area contributed by atoms with Gasteiger partial charge in [-0.25, -0.2) is 14.2 Å². The summed E-state index contributed by atoms with van der Waals surface area (Å²) < 4.78 is 10.7. The molecule has 0 unspecified atom stereocenters. The lowest BCUT2D eigenvalue weighted by Gasteiger charge is -2.08. The fourth-order valence-corrected chi connectivity index (χ4v) is 1.11. The van der Waals surface area contributed by atoms with E-state index in [9.17, 15) is 9.59 Å². The fourth-order valence-electron chi connectivity index (χ4n) is 1.11. The molecule has 0 saturated carbocycles. The van der Waals surface area contributed by atoms with Crippen molar-refractivity contribution in [2.45, 2.75) is 13.8 Å². The maximum atomic E-state index is 11.4. The van der Waals surface area contributed by atoms with Gasteiger partial charge in [0.2, 0.25) is 0 Å². The molecular formula is C10H14N2O4. The van der Waals surface area contributed by atoms with Crippen LogP contribution in [0, 0.1) is 0 Å². The van der Waals surface area contributed by atoms with E-state index in [0.29, 0.717) is 5.82 Å². The van der Waals surface area contributed by atoms with Gasteiger partial charge in [-0.1, -0.05) is 0 Å². The molecule has 0 saturated heterocycles. The van der Waals surface area contributed by atoms with Crippen LogP contribution in [0.3, 0.4) is 0 Å². The predicted molar refractivity (Wildman–Crippen MR) is 57.5 cm³/mol. The third-order valence-electron chi connectivity index (χ3n) is 1.72. The van der Waals surface area contributed by atoms with Crippen molar-refractivity contribution in [3.05, 3.63) is 18.3 Å². The molecule has 0 aliphatic rings. The number of anilines is 1. The first kappa shape index (κ1) is 12.1. The van der Waals surface area contributed by atoms with Gasteiger partial charge in [0.1, 0.15) is 5.82 Å². The molecule has 1 aromatic rings. The Morgan fingerprint density at radius 2 is 2.00 bits per heavy atom. The minimum absolute atomic E-state index is 0.270. The molecular weight excluding hydrogens is 212 g/mol. The Labute approximate surface area is 93.1 Å². The highest BCUT2D eigenvalue weighted by atomic mass is 16.6. The Kier molecular flexibility index (Phi) is 4.38. The molecule has 0 bridgehead atoms. The van der Waals surface area contributed by atoms with Gasteiger partial charge in [-0.05, 0) is 26.0 Å². The number of nitrogens with one attached hydrogen (secondary N) is 1. The summed E-state index contributed by atoms with van der Waals surface area (Å²) in [5, 5.41) is 2.43. The summed E-state index contributed by atoms with van der Waals surface area (Å²) in [7, 11) is 0. The molecule has 0 radical (unpaired) electrons. The van der Waals surface area contributed by atoms with Crippen LogP contribution in [0.25, 0.3) is 0 Å². The van der Waals surface area contributed by atoms with Crippen molar-refractivity contribution in [3.8, 4) is 0 Å². The quantitative estimate of drug-likeness (QED) is 0.856. The molecule has 0 atom stereocenters. The van der Waals surface area contributed by atoms with Crippen molar-refractivity contribution in [2.24, 2.45) is 0 Å². The summed E-state index contributed by atoms with van der Waals surface area (Å²) in [5.74, 6) is 0.317. The summed E-state index contributed by atoms with van der Waals surface area (Å²) in [5.41, 5.74) is 0. The number of hydrogen-bond donors (Lipinski definition) is 1. The molecule has 1 amide bonds. The number of amides is 1. The molecule has 0 aliphatic carbocycles. The molecule has 88 valence electrons. The van der Waals surface area contributed by atoms with Gasteiger partial charge in [-0.2, -0.15) is 0 Å². The maximum absolute atomic E-state index is 11.4. The Morgan fingerprint density at radius 3 is 2.62 bits per heavy atom. The zero-order valence-corrected chi connectivity index (χ0v) is 9.23. The Hall–Kier alpha value is -1.98. The summed E-state index contributed by atoms with van der Waals surface area (Å²) in [6.07, 6.45) is 0.352. The molecule has 1 N–H and O–H groups in total. The van der Waals surface area contributed by atoms with Crippen molar-refractivity contribution in [2.75, 3.05) is 18.5 Å². The molecule has 1 rings (SSSR count). The van der Waals surface area contributed by atoms with E-state index >= 15 is 0 Å². The first-order chi connectivity index (χ1) is 7.69. The first-order valence-corrected chi connectivity index (χ1v) is 4.97. The van der Waals surface area contributed by atoms with E-state index in [1.165, 1.54) is 10.8 Å². The van der Waals surface area contributed by atoms with Crippen molar-refractivity contribution >= 4 is 18.0 Å². The van der Waals surface area contributed by atoms with Gasteiger partial charge in [0.15, 0.2) is 0 Å². The summed E-state index contributed by atoms with van der Waals surface area (Å²) in [6.45, 7) is 3.95. The smallest absolute Gasteiger partial charge is 0.419 e. The average Bonchev–Trinajstić information content (AvgIpc) is 2.66. The molecule has 6 heteroatoms. The van der Waals surface area contributed by atoms with Gasteiger partial charge in [-0.15, -0.1) is 0 Å². The maximum Gasteiger partial charge on any atom is 0.419 e. The van der Waals surface area contributed by atoms with Gasteiger partial charge >= 0.3 is 12.2 Å². The number of ether oxygens (including phenoxy) is 2. The molecule has 0 aliphatic heterocycles. The number of nitrogens with zero attached hydrogens (tertiary/aromatic N) is 1. The predicted octanol–water partition coefficient (Wildman–Crippen LogP) is 2.06. The third-order valence-corrected chi connectivity index (χ3v) is 1.72. The van der Waals surface area contributed by atoms with Crippen LogP contribution in [0.2, 0.25) is 0 Å². The molecule has 0 aromatic carbocycles. The topological polar surface area (TPSA) is 69.6 Å². The monoisotopic (exact) mass is 226 g/mol. The van der Waals surface area contributed by atoms with Gasteiger partial charge in [-0.3, -0.25) is 5.32 Å². The minimum Gasteiger partial charge on any atom is -0.450 e. The van der Waals surface area contributed by atoms with Crippen molar-refractivity contribution < 1.29 is 19.1 Å². The van der Waals surface area contributed by atoms with Gasteiger partial charge in [0.25, 0.3) is 0 Å². The number of rotatable bonds is 3. The van der Waals surface area contributed by atoms with Crippen molar-refractivity contribution in [1.82, 2.24) is 4.57 Å². The Morgan fingerprint density at radius 1 is 1.31 bits per heavy atom.